The predicted molar refractivity (Wildman–Crippen MR) is 67.2 cm³/mol. The lowest BCUT2D eigenvalue weighted by molar-refractivity contribution is 0.665. The van der Waals surface area contributed by atoms with Crippen molar-refractivity contribution in [2.45, 2.75) is 39.2 Å². The highest BCUT2D eigenvalue weighted by atomic mass is 14.9. The summed E-state index contributed by atoms with van der Waals surface area (Å²) in [6, 6.07) is 4.21. The summed E-state index contributed by atoms with van der Waals surface area (Å²) in [6.45, 7) is 4.02. The highest BCUT2D eigenvalue weighted by Gasteiger charge is 2.03. The highest BCUT2D eigenvalue weighted by Crippen LogP contribution is 2.19. The highest BCUT2D eigenvalue weighted by molar-refractivity contribution is 5.12. The molecule has 0 fully saturated rings. The average molecular weight is 216 g/mol. The number of aryl methyl sites for hydroxylation is 1. The number of rotatable bonds is 5. The van der Waals surface area contributed by atoms with Crippen molar-refractivity contribution < 1.29 is 0 Å². The third-order valence-corrected chi connectivity index (χ3v) is 3.04. The lowest BCUT2D eigenvalue weighted by Crippen LogP contribution is -2.15. The van der Waals surface area contributed by atoms with E-state index in [0.717, 1.165) is 18.8 Å². The Bertz CT molecular complexity index is 352. The van der Waals surface area contributed by atoms with E-state index in [4.69, 9.17) is 0 Å². The normalized spacial score (nSPS) is 15.2. The summed E-state index contributed by atoms with van der Waals surface area (Å²) in [7, 11) is 0. The van der Waals surface area contributed by atoms with Crippen molar-refractivity contribution in [2.75, 3.05) is 6.54 Å². The summed E-state index contributed by atoms with van der Waals surface area (Å²) in [5, 5.41) is 3.44. The molecule has 0 saturated heterocycles. The van der Waals surface area contributed by atoms with Gasteiger partial charge in [-0.05, 0) is 50.8 Å². The van der Waals surface area contributed by atoms with Crippen molar-refractivity contribution in [1.82, 2.24) is 10.3 Å². The van der Waals surface area contributed by atoms with Crippen LogP contribution in [0.4, 0.5) is 0 Å². The van der Waals surface area contributed by atoms with E-state index < -0.39 is 0 Å². The molecule has 2 rings (SSSR count). The van der Waals surface area contributed by atoms with Crippen LogP contribution in [0.2, 0.25) is 0 Å². The third-order valence-electron chi connectivity index (χ3n) is 3.04. The molecule has 0 bridgehead atoms. The zero-order valence-corrected chi connectivity index (χ0v) is 10.00. The van der Waals surface area contributed by atoms with Gasteiger partial charge in [-0.3, -0.25) is 4.98 Å². The Morgan fingerprint density at radius 2 is 2.31 bits per heavy atom. The summed E-state index contributed by atoms with van der Waals surface area (Å²) in [6.07, 6.45) is 9.47. The van der Waals surface area contributed by atoms with Crippen LogP contribution in [-0.2, 0) is 6.54 Å². The van der Waals surface area contributed by atoms with Gasteiger partial charge < -0.3 is 5.32 Å². The van der Waals surface area contributed by atoms with Gasteiger partial charge in [-0.25, -0.2) is 0 Å². The first-order valence-corrected chi connectivity index (χ1v) is 6.15. The largest absolute Gasteiger partial charge is 0.311 e. The zero-order chi connectivity index (χ0) is 11.2. The summed E-state index contributed by atoms with van der Waals surface area (Å²) in [5.41, 5.74) is 3.98. The van der Waals surface area contributed by atoms with Crippen LogP contribution < -0.4 is 5.32 Å². The van der Waals surface area contributed by atoms with Crippen LogP contribution in [0.1, 0.15) is 36.9 Å². The quantitative estimate of drug-likeness (QED) is 0.604. The van der Waals surface area contributed by atoms with Crippen LogP contribution in [0.15, 0.2) is 30.0 Å². The SMILES string of the molecule is Cc1ccc(CNCCC2=CCCC2)nc1. The summed E-state index contributed by atoms with van der Waals surface area (Å²) < 4.78 is 0. The topological polar surface area (TPSA) is 24.9 Å². The number of nitrogens with one attached hydrogen (secondary N) is 1. The van der Waals surface area contributed by atoms with Crippen molar-refractivity contribution in [1.29, 1.82) is 0 Å². The van der Waals surface area contributed by atoms with Crippen LogP contribution in [-0.4, -0.2) is 11.5 Å². The molecule has 0 unspecified atom stereocenters. The molecule has 0 atom stereocenters. The van der Waals surface area contributed by atoms with Crippen LogP contribution in [0.25, 0.3) is 0 Å². The smallest absolute Gasteiger partial charge is 0.0541 e. The van der Waals surface area contributed by atoms with E-state index in [1.807, 2.05) is 6.20 Å². The average Bonchev–Trinajstić information content (AvgIpc) is 2.80. The van der Waals surface area contributed by atoms with E-state index in [1.165, 1.54) is 31.2 Å². The standard InChI is InChI=1S/C14H20N2/c1-12-6-7-14(16-10-12)11-15-9-8-13-4-2-3-5-13/h4,6-7,10,15H,2-3,5,8-9,11H2,1H3. The second-order valence-electron chi connectivity index (χ2n) is 4.51. The second-order valence-corrected chi connectivity index (χ2v) is 4.51. The molecular weight excluding hydrogens is 196 g/mol. The number of hydrogen-bond donors (Lipinski definition) is 1. The van der Waals surface area contributed by atoms with Crippen LogP contribution in [0, 0.1) is 6.92 Å². The van der Waals surface area contributed by atoms with Crippen LogP contribution in [0.5, 0.6) is 0 Å². The maximum Gasteiger partial charge on any atom is 0.0541 e. The Balaban J connectivity index is 1.66. The fraction of sp³-hybridized carbons (Fsp3) is 0.500. The van der Waals surface area contributed by atoms with Gasteiger partial charge >= 0.3 is 0 Å². The van der Waals surface area contributed by atoms with E-state index >= 15 is 0 Å². The van der Waals surface area contributed by atoms with E-state index in [2.05, 4.69) is 35.4 Å². The molecule has 1 aromatic rings. The molecule has 1 aromatic heterocycles. The number of nitrogens with zero attached hydrogens (tertiary/aromatic N) is 1. The molecule has 0 saturated carbocycles. The Labute approximate surface area is 97.8 Å². The van der Waals surface area contributed by atoms with Crippen LogP contribution in [0.3, 0.4) is 0 Å². The minimum Gasteiger partial charge on any atom is -0.311 e. The fourth-order valence-electron chi connectivity index (χ4n) is 2.03. The monoisotopic (exact) mass is 216 g/mol. The van der Waals surface area contributed by atoms with Gasteiger partial charge in [0.15, 0.2) is 0 Å². The predicted octanol–water partition coefficient (Wildman–Crippen LogP) is 2.98. The van der Waals surface area contributed by atoms with E-state index in [0.29, 0.717) is 0 Å². The Morgan fingerprint density at radius 1 is 1.38 bits per heavy atom. The molecule has 0 radical (unpaired) electrons. The molecule has 1 N–H and O–H groups in total. The second kappa shape index (κ2) is 5.80. The van der Waals surface area contributed by atoms with E-state index in [9.17, 15) is 0 Å². The van der Waals surface area contributed by atoms with Gasteiger partial charge in [0, 0.05) is 12.7 Å². The van der Waals surface area contributed by atoms with Crippen molar-refractivity contribution in [3.63, 3.8) is 0 Å². The van der Waals surface area contributed by atoms with E-state index in [1.54, 1.807) is 5.57 Å². The number of pyridine rings is 1. The van der Waals surface area contributed by atoms with Gasteiger partial charge in [-0.1, -0.05) is 17.7 Å². The first-order chi connectivity index (χ1) is 7.84. The maximum atomic E-state index is 4.37. The Hall–Kier alpha value is -1.15. The lowest BCUT2D eigenvalue weighted by Gasteiger charge is -2.05. The zero-order valence-electron chi connectivity index (χ0n) is 10.00. The molecule has 2 heteroatoms. The molecule has 2 nitrogen and oxygen atoms in total. The molecule has 1 heterocycles. The molecule has 1 aliphatic rings. The number of allylic oxidation sites excluding steroid dienone is 1. The first kappa shape index (κ1) is 11.3. The Morgan fingerprint density at radius 3 is 3.00 bits per heavy atom. The van der Waals surface area contributed by atoms with Gasteiger partial charge in [-0.15, -0.1) is 0 Å². The summed E-state index contributed by atoms with van der Waals surface area (Å²) >= 11 is 0. The lowest BCUT2D eigenvalue weighted by atomic mass is 10.2. The summed E-state index contributed by atoms with van der Waals surface area (Å²) in [5.74, 6) is 0. The molecular formula is C14H20N2. The number of aromatic nitrogens is 1. The van der Waals surface area contributed by atoms with Gasteiger partial charge in [-0.2, -0.15) is 0 Å². The summed E-state index contributed by atoms with van der Waals surface area (Å²) in [4.78, 5) is 4.37. The minimum atomic E-state index is 0.883. The number of hydrogen-bond acceptors (Lipinski definition) is 2. The Kier molecular flexibility index (Phi) is 4.11. The van der Waals surface area contributed by atoms with Gasteiger partial charge in [0.05, 0.1) is 5.69 Å². The van der Waals surface area contributed by atoms with Gasteiger partial charge in [0.2, 0.25) is 0 Å². The van der Waals surface area contributed by atoms with Crippen molar-refractivity contribution in [3.8, 4) is 0 Å². The van der Waals surface area contributed by atoms with E-state index in [-0.39, 0.29) is 0 Å². The fourth-order valence-corrected chi connectivity index (χ4v) is 2.03. The van der Waals surface area contributed by atoms with Gasteiger partial charge in [0.1, 0.15) is 0 Å². The molecule has 86 valence electrons. The molecule has 16 heavy (non-hydrogen) atoms. The van der Waals surface area contributed by atoms with Gasteiger partial charge in [0.25, 0.3) is 0 Å². The molecule has 0 aliphatic heterocycles. The molecule has 0 amide bonds. The molecule has 1 aliphatic carbocycles. The van der Waals surface area contributed by atoms with Crippen molar-refractivity contribution >= 4 is 0 Å². The third kappa shape index (κ3) is 3.46. The van der Waals surface area contributed by atoms with Crippen LogP contribution >= 0.6 is 0 Å². The van der Waals surface area contributed by atoms with Crippen molar-refractivity contribution in [2.24, 2.45) is 0 Å². The molecule has 0 aromatic carbocycles. The first-order valence-electron chi connectivity index (χ1n) is 6.15. The minimum absolute atomic E-state index is 0.883. The van der Waals surface area contributed by atoms with Crippen molar-refractivity contribution in [3.05, 3.63) is 41.2 Å². The maximum absolute atomic E-state index is 4.37. The molecule has 0 spiro atoms.